The smallest absolute Gasteiger partial charge is 0.161 e. The quantitative estimate of drug-likeness (QED) is 0.604. The normalized spacial score (nSPS) is 24.1. The average Bonchev–Trinajstić information content (AvgIpc) is 3.08. The molecule has 1 aliphatic rings. The fourth-order valence-electron chi connectivity index (χ4n) is 3.87. The molecule has 0 radical (unpaired) electrons. The molecule has 0 spiro atoms. The summed E-state index contributed by atoms with van der Waals surface area (Å²) in [7, 11) is 6.52. The molecule has 0 aliphatic carbocycles. The lowest BCUT2D eigenvalue weighted by molar-refractivity contribution is 0.0290. The Hall–Kier alpha value is -2.11. The van der Waals surface area contributed by atoms with Gasteiger partial charge in [0.15, 0.2) is 23.0 Å². The van der Waals surface area contributed by atoms with E-state index in [0.29, 0.717) is 28.9 Å². The molecule has 2 aromatic carbocycles. The van der Waals surface area contributed by atoms with Crippen LogP contribution in [0.4, 0.5) is 0 Å². The zero-order chi connectivity index (χ0) is 20.3. The van der Waals surface area contributed by atoms with Gasteiger partial charge in [0.05, 0.1) is 40.6 Å². The molecule has 1 saturated heterocycles. The number of rotatable bonds is 7. The topological polar surface area (TPSA) is 46.2 Å². The van der Waals surface area contributed by atoms with Gasteiger partial charge >= 0.3 is 0 Å². The third-order valence-corrected chi connectivity index (χ3v) is 5.84. The van der Waals surface area contributed by atoms with E-state index in [9.17, 15) is 0 Å². The van der Waals surface area contributed by atoms with Crippen LogP contribution in [0.15, 0.2) is 36.4 Å². The minimum atomic E-state index is -0.134. The minimum absolute atomic E-state index is 0.0957. The number of methoxy groups -OCH3 is 4. The molecule has 0 N–H and O–H groups in total. The second-order valence-electron chi connectivity index (χ2n) is 6.88. The van der Waals surface area contributed by atoms with Crippen molar-refractivity contribution in [2.75, 3.05) is 34.3 Å². The van der Waals surface area contributed by atoms with E-state index < -0.39 is 0 Å². The summed E-state index contributed by atoms with van der Waals surface area (Å²) in [6.45, 7) is 2.18. The van der Waals surface area contributed by atoms with E-state index in [1.54, 1.807) is 28.4 Å². The number of halogens is 1. The third kappa shape index (κ3) is 3.74. The van der Waals surface area contributed by atoms with Crippen LogP contribution in [0.2, 0.25) is 0 Å². The van der Waals surface area contributed by atoms with Crippen molar-refractivity contribution in [2.24, 2.45) is 11.8 Å². The first kappa shape index (κ1) is 20.6. The van der Waals surface area contributed by atoms with Crippen LogP contribution in [0, 0.1) is 11.8 Å². The first-order valence-corrected chi connectivity index (χ1v) is 9.76. The first-order valence-electron chi connectivity index (χ1n) is 9.23. The molecule has 0 amide bonds. The van der Waals surface area contributed by atoms with Crippen molar-refractivity contribution >= 4 is 11.6 Å². The zero-order valence-electron chi connectivity index (χ0n) is 16.9. The summed E-state index contributed by atoms with van der Waals surface area (Å²) in [4.78, 5) is 0. The molecule has 1 unspecified atom stereocenters. The van der Waals surface area contributed by atoms with Crippen molar-refractivity contribution < 1.29 is 23.7 Å². The first-order chi connectivity index (χ1) is 13.6. The summed E-state index contributed by atoms with van der Waals surface area (Å²) in [5, 5.41) is 0. The number of alkyl halides is 1. The molecule has 6 heteroatoms. The Labute approximate surface area is 171 Å². The minimum Gasteiger partial charge on any atom is -0.493 e. The summed E-state index contributed by atoms with van der Waals surface area (Å²) in [5.74, 6) is 3.65. The van der Waals surface area contributed by atoms with Gasteiger partial charge in [-0.05, 0) is 41.3 Å². The Morgan fingerprint density at radius 2 is 1.21 bits per heavy atom. The molecule has 28 heavy (non-hydrogen) atoms. The Balaban J connectivity index is 1.94. The predicted octanol–water partition coefficient (Wildman–Crippen LogP) is 5.02. The van der Waals surface area contributed by atoms with E-state index in [0.717, 1.165) is 11.1 Å². The second kappa shape index (κ2) is 8.93. The predicted molar refractivity (Wildman–Crippen MR) is 109 cm³/mol. The van der Waals surface area contributed by atoms with E-state index in [-0.39, 0.29) is 24.0 Å². The lowest BCUT2D eigenvalue weighted by Gasteiger charge is -2.19. The van der Waals surface area contributed by atoms with Gasteiger partial charge in [-0.25, -0.2) is 0 Å². The summed E-state index contributed by atoms with van der Waals surface area (Å²) in [6.07, 6.45) is -0.230. The van der Waals surface area contributed by atoms with Crippen LogP contribution in [0.3, 0.4) is 0 Å². The molecule has 0 aromatic heterocycles. The largest absolute Gasteiger partial charge is 0.493 e. The number of hydrogen-bond acceptors (Lipinski definition) is 5. The number of ether oxygens (including phenoxy) is 5. The lowest BCUT2D eigenvalue weighted by Crippen LogP contribution is -2.15. The lowest BCUT2D eigenvalue weighted by atomic mass is 9.85. The monoisotopic (exact) mass is 406 g/mol. The van der Waals surface area contributed by atoms with Crippen molar-refractivity contribution in [3.8, 4) is 23.0 Å². The SMILES string of the molecule is COc1ccc([C@H]2O[C@@H](c3ccc(OC)c(OC)c3)C(C)[C@@H]2CCl)cc1OC. The average molecular weight is 407 g/mol. The molecule has 0 saturated carbocycles. The molecular formula is C22H27ClO5. The van der Waals surface area contributed by atoms with Crippen LogP contribution < -0.4 is 18.9 Å². The molecule has 1 heterocycles. The van der Waals surface area contributed by atoms with Crippen LogP contribution in [0.1, 0.15) is 30.3 Å². The van der Waals surface area contributed by atoms with Gasteiger partial charge < -0.3 is 23.7 Å². The summed E-state index contributed by atoms with van der Waals surface area (Å²) in [5.41, 5.74) is 2.07. The highest BCUT2D eigenvalue weighted by atomic mass is 35.5. The standard InChI is InChI=1S/C22H27ClO5/c1-13-16(12-23)22(15-7-9-18(25-3)20(11-15)27-5)28-21(13)14-6-8-17(24-2)19(10-14)26-4/h6-11,13,16,21-22H,12H2,1-5H3/t13?,16-,21+,22+/m0/s1. The maximum Gasteiger partial charge on any atom is 0.161 e. The molecule has 152 valence electrons. The van der Waals surface area contributed by atoms with Crippen molar-refractivity contribution in [2.45, 2.75) is 19.1 Å². The van der Waals surface area contributed by atoms with Crippen molar-refractivity contribution in [1.82, 2.24) is 0 Å². The maximum absolute atomic E-state index is 6.52. The van der Waals surface area contributed by atoms with Gasteiger partial charge in [-0.3, -0.25) is 0 Å². The van der Waals surface area contributed by atoms with Gasteiger partial charge in [0, 0.05) is 11.8 Å². The Kier molecular flexibility index (Phi) is 6.57. The van der Waals surface area contributed by atoms with Crippen LogP contribution in [-0.4, -0.2) is 34.3 Å². The maximum atomic E-state index is 6.52. The van der Waals surface area contributed by atoms with Crippen LogP contribution in [-0.2, 0) is 4.74 Å². The highest BCUT2D eigenvalue weighted by Crippen LogP contribution is 2.51. The molecule has 1 aliphatic heterocycles. The Bertz CT molecular complexity index is 810. The molecule has 0 bridgehead atoms. The summed E-state index contributed by atoms with van der Waals surface area (Å²) >= 11 is 6.36. The molecule has 4 atom stereocenters. The fraction of sp³-hybridized carbons (Fsp3) is 0.455. The van der Waals surface area contributed by atoms with E-state index in [2.05, 4.69) is 6.92 Å². The molecule has 2 aromatic rings. The molecule has 1 fully saturated rings. The Morgan fingerprint density at radius 3 is 1.64 bits per heavy atom. The summed E-state index contributed by atoms with van der Waals surface area (Å²) in [6, 6.07) is 11.8. The van der Waals surface area contributed by atoms with Crippen molar-refractivity contribution in [3.05, 3.63) is 47.5 Å². The number of hydrogen-bond donors (Lipinski definition) is 0. The van der Waals surface area contributed by atoms with Gasteiger partial charge in [0.25, 0.3) is 0 Å². The summed E-state index contributed by atoms with van der Waals surface area (Å²) < 4.78 is 28.1. The van der Waals surface area contributed by atoms with Gasteiger partial charge in [0.1, 0.15) is 0 Å². The van der Waals surface area contributed by atoms with Crippen molar-refractivity contribution in [1.29, 1.82) is 0 Å². The van der Waals surface area contributed by atoms with Gasteiger partial charge in [0.2, 0.25) is 0 Å². The number of benzene rings is 2. The fourth-order valence-corrected chi connectivity index (χ4v) is 4.31. The van der Waals surface area contributed by atoms with Crippen LogP contribution in [0.5, 0.6) is 23.0 Å². The van der Waals surface area contributed by atoms with Gasteiger partial charge in [-0.15, -0.1) is 11.6 Å². The van der Waals surface area contributed by atoms with Gasteiger partial charge in [-0.2, -0.15) is 0 Å². The molecular weight excluding hydrogens is 380 g/mol. The highest BCUT2D eigenvalue weighted by molar-refractivity contribution is 6.18. The Morgan fingerprint density at radius 1 is 0.750 bits per heavy atom. The van der Waals surface area contributed by atoms with Crippen LogP contribution >= 0.6 is 11.6 Å². The van der Waals surface area contributed by atoms with Gasteiger partial charge in [-0.1, -0.05) is 19.1 Å². The third-order valence-electron chi connectivity index (χ3n) is 5.49. The van der Waals surface area contributed by atoms with Crippen molar-refractivity contribution in [3.63, 3.8) is 0 Å². The molecule has 3 rings (SSSR count). The van der Waals surface area contributed by atoms with E-state index >= 15 is 0 Å². The van der Waals surface area contributed by atoms with E-state index in [4.69, 9.17) is 35.3 Å². The molecule has 5 nitrogen and oxygen atoms in total. The zero-order valence-corrected chi connectivity index (χ0v) is 17.7. The van der Waals surface area contributed by atoms with E-state index in [1.807, 2.05) is 36.4 Å². The highest BCUT2D eigenvalue weighted by Gasteiger charge is 2.43. The second-order valence-corrected chi connectivity index (χ2v) is 7.19. The van der Waals surface area contributed by atoms with E-state index in [1.165, 1.54) is 0 Å². The van der Waals surface area contributed by atoms with Crippen LogP contribution in [0.25, 0.3) is 0 Å².